The van der Waals surface area contributed by atoms with Crippen molar-refractivity contribution in [2.45, 2.75) is 91.1 Å². The van der Waals surface area contributed by atoms with Crippen LogP contribution in [0.3, 0.4) is 0 Å². The quantitative estimate of drug-likeness (QED) is 0.200. The van der Waals surface area contributed by atoms with E-state index in [9.17, 15) is 5.11 Å². The molecule has 1 N–H and O–H groups in total. The smallest absolute Gasteiger partial charge is 0.217 e. The minimum absolute atomic E-state index is 0. The Balaban J connectivity index is 0.00000368. The number of phenols is 1. The summed E-state index contributed by atoms with van der Waals surface area (Å²) in [7, 11) is 0. The molecule has 3 aromatic carbocycles. The molecule has 1 aliphatic carbocycles. The monoisotopic (exact) mass is 755 g/mol. The molecule has 1 saturated carbocycles. The number of fused-ring (bicyclic) bond motifs is 2. The minimum Gasteiger partial charge on any atom is -0.506 e. The first-order valence-electron chi connectivity index (χ1n) is 15.4. The number of aliphatic imine (C=N–C) groups is 1. The van der Waals surface area contributed by atoms with E-state index in [0.29, 0.717) is 29.0 Å². The minimum atomic E-state index is 0. The molecule has 2 atom stereocenters. The molecule has 0 unspecified atom stereocenters. The molecule has 6 rings (SSSR count). The first-order chi connectivity index (χ1) is 20.1. The molecule has 0 spiro atoms. The molecule has 0 amide bonds. The Kier molecular flexibility index (Phi) is 9.04. The summed E-state index contributed by atoms with van der Waals surface area (Å²) in [5.74, 6) is 2.86. The van der Waals surface area contributed by atoms with Gasteiger partial charge in [0.1, 0.15) is 11.3 Å². The first kappa shape index (κ1) is 31.3. The van der Waals surface area contributed by atoms with Gasteiger partial charge in [-0.25, -0.2) is 4.98 Å². The molecule has 228 valence electrons. The van der Waals surface area contributed by atoms with E-state index in [2.05, 4.69) is 81.8 Å². The summed E-state index contributed by atoms with van der Waals surface area (Å²) >= 11 is 0. The zero-order valence-electron chi connectivity index (χ0n) is 26.0. The molecular formula is C37H42N3O2Pt-. The Morgan fingerprint density at radius 3 is 2.33 bits per heavy atom. The van der Waals surface area contributed by atoms with Gasteiger partial charge in [-0.3, -0.25) is 0 Å². The molecule has 1 aromatic heterocycles. The molecule has 1 aliphatic heterocycles. The van der Waals surface area contributed by atoms with Crippen molar-refractivity contribution in [1.82, 2.24) is 4.98 Å². The summed E-state index contributed by atoms with van der Waals surface area (Å²) in [5.41, 5.74) is 5.58. The number of aromatic nitrogens is 1. The van der Waals surface area contributed by atoms with Gasteiger partial charge in [0.05, 0.1) is 17.9 Å². The SMILES string of the molecule is CC(C)c1cccc(C(C)C)c1N1C(c2[c-]c(Oc3ccc4cccc(O)c4n3)ccc2)=N[C@H]2CCCCC(C)(C)[C@H]21.[Pt]. The number of hydrogen-bond donors (Lipinski definition) is 1. The standard InChI is InChI=1S/C37H42N3O2.Pt/c1-23(2)28-15-11-16-29(24(3)4)34(28)40-35-30(17-7-8-21-37(35,5)6)38-36(40)26-13-9-14-27(22-26)42-32-20-19-25-12-10-18-31(41)33(25)39-32;/h9-16,18-20,23-24,30,35,41H,7-8,17,21H2,1-6H3;/q-1;/t30-,35-;/m0./s1. The van der Waals surface area contributed by atoms with Gasteiger partial charge in [0.25, 0.3) is 0 Å². The van der Waals surface area contributed by atoms with Gasteiger partial charge in [-0.05, 0) is 53.4 Å². The van der Waals surface area contributed by atoms with E-state index in [4.69, 9.17) is 9.73 Å². The number of para-hydroxylation sites is 2. The third kappa shape index (κ3) is 5.98. The van der Waals surface area contributed by atoms with Crippen LogP contribution in [-0.2, 0) is 21.1 Å². The van der Waals surface area contributed by atoms with Gasteiger partial charge < -0.3 is 19.7 Å². The second-order valence-corrected chi connectivity index (χ2v) is 13.2. The molecule has 43 heavy (non-hydrogen) atoms. The average molecular weight is 756 g/mol. The Morgan fingerprint density at radius 1 is 0.907 bits per heavy atom. The number of anilines is 1. The number of hydrogen-bond acceptors (Lipinski definition) is 5. The van der Waals surface area contributed by atoms with Gasteiger partial charge in [-0.15, -0.1) is 23.8 Å². The van der Waals surface area contributed by atoms with E-state index in [1.165, 1.54) is 36.1 Å². The van der Waals surface area contributed by atoms with Gasteiger partial charge >= 0.3 is 0 Å². The van der Waals surface area contributed by atoms with Gasteiger partial charge in [0, 0.05) is 44.0 Å². The second kappa shape index (κ2) is 12.4. The molecule has 2 aliphatic rings. The van der Waals surface area contributed by atoms with Crippen molar-refractivity contribution in [3.05, 3.63) is 89.5 Å². The molecule has 2 heterocycles. The van der Waals surface area contributed by atoms with Gasteiger partial charge in [0.2, 0.25) is 5.88 Å². The summed E-state index contributed by atoms with van der Waals surface area (Å²) in [4.78, 5) is 12.7. The van der Waals surface area contributed by atoms with Crippen LogP contribution >= 0.6 is 0 Å². The van der Waals surface area contributed by atoms with Crippen molar-refractivity contribution in [3.63, 3.8) is 0 Å². The predicted molar refractivity (Wildman–Crippen MR) is 172 cm³/mol. The predicted octanol–water partition coefficient (Wildman–Crippen LogP) is 9.38. The first-order valence-corrected chi connectivity index (χ1v) is 15.4. The number of nitrogens with zero attached hydrogens (tertiary/aromatic N) is 3. The van der Waals surface area contributed by atoms with Crippen molar-refractivity contribution in [2.75, 3.05) is 4.90 Å². The molecule has 0 bridgehead atoms. The maximum atomic E-state index is 10.3. The van der Waals surface area contributed by atoms with Gasteiger partial charge in [-0.2, -0.15) is 0 Å². The summed E-state index contributed by atoms with van der Waals surface area (Å²) in [6, 6.07) is 26.0. The number of pyridine rings is 1. The molecule has 0 saturated heterocycles. The average Bonchev–Trinajstić information content (AvgIpc) is 3.28. The third-order valence-corrected chi connectivity index (χ3v) is 9.01. The normalized spacial score (nSPS) is 19.6. The van der Waals surface area contributed by atoms with E-state index < -0.39 is 0 Å². The Bertz CT molecular complexity index is 1620. The molecule has 4 aromatic rings. The molecule has 1 fully saturated rings. The fraction of sp³-hybridized carbons (Fsp3) is 0.405. The van der Waals surface area contributed by atoms with E-state index in [1.54, 1.807) is 6.07 Å². The van der Waals surface area contributed by atoms with Crippen LogP contribution in [0.4, 0.5) is 5.69 Å². The Labute approximate surface area is 270 Å². The topological polar surface area (TPSA) is 58.0 Å². The van der Waals surface area contributed by atoms with Crippen LogP contribution in [0.2, 0.25) is 0 Å². The van der Waals surface area contributed by atoms with E-state index in [0.717, 1.165) is 23.2 Å². The Hall–Kier alpha value is -3.17. The van der Waals surface area contributed by atoms with Crippen molar-refractivity contribution in [3.8, 4) is 17.4 Å². The van der Waals surface area contributed by atoms with Gasteiger partial charge in [0.15, 0.2) is 0 Å². The van der Waals surface area contributed by atoms with Crippen LogP contribution in [0.15, 0.2) is 71.7 Å². The molecule has 5 nitrogen and oxygen atoms in total. The molecule has 0 radical (unpaired) electrons. The molecular weight excluding hydrogens is 714 g/mol. The second-order valence-electron chi connectivity index (χ2n) is 13.2. The van der Waals surface area contributed by atoms with Crippen LogP contribution in [0.5, 0.6) is 17.4 Å². The summed E-state index contributed by atoms with van der Waals surface area (Å²) in [6.07, 6.45) is 4.72. The number of benzene rings is 3. The summed E-state index contributed by atoms with van der Waals surface area (Å²) < 4.78 is 6.23. The van der Waals surface area contributed by atoms with Crippen LogP contribution in [0.25, 0.3) is 10.9 Å². The zero-order valence-corrected chi connectivity index (χ0v) is 28.3. The number of rotatable bonds is 6. The zero-order chi connectivity index (χ0) is 29.6. The van der Waals surface area contributed by atoms with Crippen LogP contribution in [0.1, 0.15) is 95.8 Å². The number of amidine groups is 1. The number of phenolic OH excluding ortho intramolecular Hbond substituents is 1. The third-order valence-electron chi connectivity index (χ3n) is 9.01. The van der Waals surface area contributed by atoms with Crippen molar-refractivity contribution in [1.29, 1.82) is 0 Å². The van der Waals surface area contributed by atoms with E-state index >= 15 is 0 Å². The molecule has 6 heteroatoms. The van der Waals surface area contributed by atoms with Crippen molar-refractivity contribution in [2.24, 2.45) is 10.4 Å². The maximum Gasteiger partial charge on any atom is 0.217 e. The van der Waals surface area contributed by atoms with Crippen LogP contribution in [0, 0.1) is 11.5 Å². The largest absolute Gasteiger partial charge is 0.506 e. The van der Waals surface area contributed by atoms with Gasteiger partial charge in [-0.1, -0.05) is 90.8 Å². The summed E-state index contributed by atoms with van der Waals surface area (Å²) in [5, 5.41) is 11.2. The van der Waals surface area contributed by atoms with Crippen LogP contribution < -0.4 is 9.64 Å². The fourth-order valence-corrected chi connectivity index (χ4v) is 6.92. The van der Waals surface area contributed by atoms with E-state index in [1.807, 2.05) is 36.4 Å². The fourth-order valence-electron chi connectivity index (χ4n) is 6.92. The maximum absolute atomic E-state index is 10.3. The number of aromatic hydroxyl groups is 1. The summed E-state index contributed by atoms with van der Waals surface area (Å²) in [6.45, 7) is 14.0. The van der Waals surface area contributed by atoms with Crippen molar-refractivity contribution < 1.29 is 30.9 Å². The van der Waals surface area contributed by atoms with Crippen LogP contribution in [-0.4, -0.2) is 28.0 Å². The Morgan fingerprint density at radius 2 is 1.60 bits per heavy atom. The van der Waals surface area contributed by atoms with E-state index in [-0.39, 0.29) is 44.3 Å². The number of ether oxygens (including phenoxy) is 1. The van der Waals surface area contributed by atoms with Crippen molar-refractivity contribution >= 4 is 22.4 Å².